The third-order valence-electron chi connectivity index (χ3n) is 3.99. The highest BCUT2D eigenvalue weighted by Gasteiger charge is 2.19. The molecule has 4 heteroatoms. The molecule has 0 saturated carbocycles. The van der Waals surface area contributed by atoms with Crippen molar-refractivity contribution < 1.29 is 4.79 Å². The van der Waals surface area contributed by atoms with E-state index in [1.54, 1.807) is 0 Å². The van der Waals surface area contributed by atoms with Crippen molar-refractivity contribution in [3.63, 3.8) is 0 Å². The molecule has 1 aliphatic heterocycles. The molecule has 1 fully saturated rings. The van der Waals surface area contributed by atoms with E-state index in [0.29, 0.717) is 12.3 Å². The maximum Gasteiger partial charge on any atom is 0.220 e. The van der Waals surface area contributed by atoms with E-state index in [0.717, 1.165) is 44.0 Å². The van der Waals surface area contributed by atoms with Gasteiger partial charge in [0.1, 0.15) is 0 Å². The summed E-state index contributed by atoms with van der Waals surface area (Å²) in [6.45, 7) is 3.04. The lowest BCUT2D eigenvalue weighted by molar-refractivity contribution is -0.122. The van der Waals surface area contributed by atoms with E-state index in [1.807, 2.05) is 17.8 Å². The van der Waals surface area contributed by atoms with Crippen LogP contribution in [0.15, 0.2) is 30.3 Å². The van der Waals surface area contributed by atoms with Crippen molar-refractivity contribution >= 4 is 17.7 Å². The second-order valence-corrected chi connectivity index (χ2v) is 6.94. The SMILES string of the molecule is CN1CCC(CC(=O)NCCSCc2ccccc2)CC1. The first kappa shape index (κ1) is 16.4. The normalized spacial score (nSPS) is 16.8. The van der Waals surface area contributed by atoms with Crippen LogP contribution in [0.25, 0.3) is 0 Å². The summed E-state index contributed by atoms with van der Waals surface area (Å²) in [7, 11) is 2.15. The number of hydrogen-bond acceptors (Lipinski definition) is 3. The van der Waals surface area contributed by atoms with Crippen molar-refractivity contribution in [3.8, 4) is 0 Å². The molecule has 0 aliphatic carbocycles. The number of nitrogens with zero attached hydrogens (tertiary/aromatic N) is 1. The third kappa shape index (κ3) is 6.53. The van der Waals surface area contributed by atoms with Gasteiger partial charge in [0.2, 0.25) is 5.91 Å². The average molecular weight is 306 g/mol. The topological polar surface area (TPSA) is 32.3 Å². The van der Waals surface area contributed by atoms with E-state index < -0.39 is 0 Å². The van der Waals surface area contributed by atoms with Crippen molar-refractivity contribution in [3.05, 3.63) is 35.9 Å². The van der Waals surface area contributed by atoms with Gasteiger partial charge in [-0.15, -0.1) is 0 Å². The van der Waals surface area contributed by atoms with Gasteiger partial charge in [-0.25, -0.2) is 0 Å². The van der Waals surface area contributed by atoms with E-state index in [1.165, 1.54) is 5.56 Å². The zero-order valence-electron chi connectivity index (χ0n) is 12.9. The summed E-state index contributed by atoms with van der Waals surface area (Å²) in [5.74, 6) is 2.81. The van der Waals surface area contributed by atoms with Crippen LogP contribution in [-0.4, -0.2) is 43.2 Å². The van der Waals surface area contributed by atoms with Crippen LogP contribution in [0.5, 0.6) is 0 Å². The molecule has 0 unspecified atom stereocenters. The molecule has 1 aromatic carbocycles. The second kappa shape index (κ2) is 9.11. The molecule has 1 saturated heterocycles. The molecular formula is C17H26N2OS. The number of piperidine rings is 1. The molecule has 0 aromatic heterocycles. The molecule has 0 radical (unpaired) electrons. The van der Waals surface area contributed by atoms with Gasteiger partial charge in [-0.3, -0.25) is 4.79 Å². The fourth-order valence-electron chi connectivity index (χ4n) is 2.63. The molecule has 0 spiro atoms. The maximum absolute atomic E-state index is 11.9. The predicted molar refractivity (Wildman–Crippen MR) is 90.5 cm³/mol. The van der Waals surface area contributed by atoms with Crippen LogP contribution in [0.2, 0.25) is 0 Å². The molecule has 116 valence electrons. The van der Waals surface area contributed by atoms with Gasteiger partial charge in [-0.2, -0.15) is 11.8 Å². The number of benzene rings is 1. The third-order valence-corrected chi connectivity index (χ3v) is 5.02. The van der Waals surface area contributed by atoms with E-state index >= 15 is 0 Å². The zero-order valence-corrected chi connectivity index (χ0v) is 13.7. The molecule has 21 heavy (non-hydrogen) atoms. The Morgan fingerprint density at radius 3 is 2.71 bits per heavy atom. The molecule has 1 N–H and O–H groups in total. The van der Waals surface area contributed by atoms with Crippen molar-refractivity contribution in [2.75, 3.05) is 32.4 Å². The van der Waals surface area contributed by atoms with Crippen molar-refractivity contribution in [1.29, 1.82) is 0 Å². The Bertz CT molecular complexity index is 416. The molecule has 1 aliphatic rings. The second-order valence-electron chi connectivity index (χ2n) is 5.84. The number of carbonyl (C=O) groups is 1. The fourth-order valence-corrected chi connectivity index (χ4v) is 3.45. The summed E-state index contributed by atoms with van der Waals surface area (Å²) >= 11 is 1.87. The predicted octanol–water partition coefficient (Wildman–Crippen LogP) is 2.77. The Balaban J connectivity index is 1.51. The molecule has 0 atom stereocenters. The minimum Gasteiger partial charge on any atom is -0.355 e. The van der Waals surface area contributed by atoms with E-state index in [9.17, 15) is 4.79 Å². The highest BCUT2D eigenvalue weighted by atomic mass is 32.2. The maximum atomic E-state index is 11.9. The van der Waals surface area contributed by atoms with Gasteiger partial charge in [0.25, 0.3) is 0 Å². The Labute approximate surface area is 132 Å². The number of nitrogens with one attached hydrogen (secondary N) is 1. The number of rotatable bonds is 7. The first-order valence-corrected chi connectivity index (χ1v) is 8.96. The summed E-state index contributed by atoms with van der Waals surface area (Å²) in [4.78, 5) is 14.2. The Hall–Kier alpha value is -1.00. The Morgan fingerprint density at radius 2 is 2.00 bits per heavy atom. The molecule has 0 bridgehead atoms. The largest absolute Gasteiger partial charge is 0.355 e. The highest BCUT2D eigenvalue weighted by molar-refractivity contribution is 7.98. The van der Waals surface area contributed by atoms with Crippen LogP contribution < -0.4 is 5.32 Å². The summed E-state index contributed by atoms with van der Waals surface area (Å²) in [5.41, 5.74) is 1.35. The zero-order chi connectivity index (χ0) is 14.9. The van der Waals surface area contributed by atoms with E-state index in [2.05, 4.69) is 41.5 Å². The van der Waals surface area contributed by atoms with Gasteiger partial charge in [-0.05, 0) is 44.5 Å². The van der Waals surface area contributed by atoms with Gasteiger partial charge in [0.15, 0.2) is 0 Å². The summed E-state index contributed by atoms with van der Waals surface area (Å²) < 4.78 is 0. The van der Waals surface area contributed by atoms with Crippen molar-refractivity contribution in [1.82, 2.24) is 10.2 Å². The molecule has 2 rings (SSSR count). The summed E-state index contributed by atoms with van der Waals surface area (Å²) in [5, 5.41) is 3.05. The molecular weight excluding hydrogens is 280 g/mol. The first-order chi connectivity index (χ1) is 10.2. The number of hydrogen-bond donors (Lipinski definition) is 1. The van der Waals surface area contributed by atoms with Crippen LogP contribution in [0, 0.1) is 5.92 Å². The monoisotopic (exact) mass is 306 g/mol. The van der Waals surface area contributed by atoms with Crippen LogP contribution >= 0.6 is 11.8 Å². The quantitative estimate of drug-likeness (QED) is 0.786. The molecule has 1 aromatic rings. The minimum atomic E-state index is 0.227. The van der Waals surface area contributed by atoms with Gasteiger partial charge >= 0.3 is 0 Å². The van der Waals surface area contributed by atoms with Crippen molar-refractivity contribution in [2.24, 2.45) is 5.92 Å². The lowest BCUT2D eigenvalue weighted by Crippen LogP contribution is -2.34. The Kier molecular flexibility index (Phi) is 7.10. The molecule has 3 nitrogen and oxygen atoms in total. The minimum absolute atomic E-state index is 0.227. The number of carbonyl (C=O) groups excluding carboxylic acids is 1. The van der Waals surface area contributed by atoms with Gasteiger partial charge in [0, 0.05) is 24.5 Å². The summed E-state index contributed by atoms with van der Waals surface area (Å²) in [6, 6.07) is 10.5. The molecule has 1 heterocycles. The van der Waals surface area contributed by atoms with Gasteiger partial charge in [-0.1, -0.05) is 30.3 Å². The van der Waals surface area contributed by atoms with Crippen LogP contribution in [-0.2, 0) is 10.5 Å². The number of thioether (sulfide) groups is 1. The van der Waals surface area contributed by atoms with E-state index in [-0.39, 0.29) is 5.91 Å². The number of amides is 1. The molecule has 1 amide bonds. The Morgan fingerprint density at radius 1 is 1.29 bits per heavy atom. The van der Waals surface area contributed by atoms with Crippen LogP contribution in [0.3, 0.4) is 0 Å². The standard InChI is InChI=1S/C17H26N2OS/c1-19-10-7-15(8-11-19)13-17(20)18-9-12-21-14-16-5-3-2-4-6-16/h2-6,15H,7-14H2,1H3,(H,18,20). The number of likely N-dealkylation sites (tertiary alicyclic amines) is 1. The smallest absolute Gasteiger partial charge is 0.220 e. The average Bonchev–Trinajstić information content (AvgIpc) is 2.50. The summed E-state index contributed by atoms with van der Waals surface area (Å²) in [6.07, 6.45) is 3.02. The highest BCUT2D eigenvalue weighted by Crippen LogP contribution is 2.19. The van der Waals surface area contributed by atoms with E-state index in [4.69, 9.17) is 0 Å². The lowest BCUT2D eigenvalue weighted by atomic mass is 9.93. The lowest BCUT2D eigenvalue weighted by Gasteiger charge is -2.28. The fraction of sp³-hybridized carbons (Fsp3) is 0.588. The van der Waals surface area contributed by atoms with Crippen LogP contribution in [0.4, 0.5) is 0 Å². The van der Waals surface area contributed by atoms with Crippen molar-refractivity contribution in [2.45, 2.75) is 25.0 Å². The van der Waals surface area contributed by atoms with Gasteiger partial charge < -0.3 is 10.2 Å². The first-order valence-electron chi connectivity index (χ1n) is 7.81. The van der Waals surface area contributed by atoms with Crippen LogP contribution in [0.1, 0.15) is 24.8 Å². The van der Waals surface area contributed by atoms with Gasteiger partial charge in [0.05, 0.1) is 0 Å².